The molecule has 1 saturated heterocycles. The Morgan fingerprint density at radius 1 is 1.77 bits per heavy atom. The summed E-state index contributed by atoms with van der Waals surface area (Å²) >= 11 is 0. The fourth-order valence-electron chi connectivity index (χ4n) is 1.66. The van der Waals surface area contributed by atoms with Crippen molar-refractivity contribution in [2.75, 3.05) is 27.2 Å². The van der Waals surface area contributed by atoms with Gasteiger partial charge in [0, 0.05) is 26.2 Å². The quantitative estimate of drug-likeness (QED) is 0.618. The fourth-order valence-corrected chi connectivity index (χ4v) is 1.66. The van der Waals surface area contributed by atoms with E-state index in [0.717, 1.165) is 13.0 Å². The molecular weight excluding hydrogens is 170 g/mol. The predicted octanol–water partition coefficient (Wildman–Crippen LogP) is -0.626. The Bertz CT molecular complexity index is 186. The molecule has 1 fully saturated rings. The van der Waals surface area contributed by atoms with E-state index < -0.39 is 6.03 Å². The molecule has 0 aromatic heterocycles. The van der Waals surface area contributed by atoms with Gasteiger partial charge in [-0.3, -0.25) is 4.90 Å². The van der Waals surface area contributed by atoms with E-state index in [9.17, 15) is 4.79 Å². The van der Waals surface area contributed by atoms with Crippen LogP contribution in [0, 0.1) is 0 Å². The van der Waals surface area contributed by atoms with E-state index in [1.54, 1.807) is 7.11 Å². The molecular formula is C8H17N3O2. The van der Waals surface area contributed by atoms with E-state index in [4.69, 9.17) is 10.5 Å². The summed E-state index contributed by atoms with van der Waals surface area (Å²) in [7, 11) is 3.73. The molecule has 0 radical (unpaired) electrons. The van der Waals surface area contributed by atoms with Crippen LogP contribution in [0.25, 0.3) is 0 Å². The largest absolute Gasteiger partial charge is 0.380 e. The number of nitrogens with two attached hydrogens (primary N) is 1. The predicted molar refractivity (Wildman–Crippen MR) is 49.4 cm³/mol. The first-order valence-corrected chi connectivity index (χ1v) is 4.39. The number of likely N-dealkylation sites (tertiary alicyclic amines) is 1. The van der Waals surface area contributed by atoms with Crippen LogP contribution in [0.2, 0.25) is 0 Å². The maximum Gasteiger partial charge on any atom is 0.312 e. The SMILES string of the molecule is CO[C@H]1C[C@@H](CNC(N)=O)N(C)C1. The minimum atomic E-state index is -0.464. The number of methoxy groups -OCH3 is 1. The third-order valence-electron chi connectivity index (χ3n) is 2.50. The zero-order valence-corrected chi connectivity index (χ0v) is 8.12. The lowest BCUT2D eigenvalue weighted by Gasteiger charge is -2.18. The van der Waals surface area contributed by atoms with Crippen molar-refractivity contribution in [2.24, 2.45) is 5.73 Å². The lowest BCUT2D eigenvalue weighted by Crippen LogP contribution is -2.40. The average molecular weight is 187 g/mol. The maximum absolute atomic E-state index is 10.5. The minimum absolute atomic E-state index is 0.282. The summed E-state index contributed by atoms with van der Waals surface area (Å²) < 4.78 is 5.23. The molecule has 0 spiro atoms. The summed E-state index contributed by atoms with van der Waals surface area (Å²) in [5, 5.41) is 2.60. The molecule has 2 atom stereocenters. The van der Waals surface area contributed by atoms with Crippen molar-refractivity contribution in [2.45, 2.75) is 18.6 Å². The first-order valence-electron chi connectivity index (χ1n) is 4.39. The van der Waals surface area contributed by atoms with Crippen LogP contribution in [0.4, 0.5) is 4.79 Å². The van der Waals surface area contributed by atoms with Gasteiger partial charge in [0.2, 0.25) is 0 Å². The first kappa shape index (κ1) is 10.3. The molecule has 1 aliphatic rings. The Kier molecular flexibility index (Phi) is 3.50. The number of hydrogen-bond acceptors (Lipinski definition) is 3. The number of nitrogens with one attached hydrogen (secondary N) is 1. The van der Waals surface area contributed by atoms with Crippen molar-refractivity contribution in [1.29, 1.82) is 0 Å². The van der Waals surface area contributed by atoms with E-state index >= 15 is 0 Å². The van der Waals surface area contributed by atoms with E-state index in [0.29, 0.717) is 12.6 Å². The fraction of sp³-hybridized carbons (Fsp3) is 0.875. The molecule has 13 heavy (non-hydrogen) atoms. The molecule has 1 aliphatic heterocycles. The van der Waals surface area contributed by atoms with Gasteiger partial charge in [-0.2, -0.15) is 0 Å². The van der Waals surface area contributed by atoms with Crippen molar-refractivity contribution in [3.63, 3.8) is 0 Å². The zero-order valence-electron chi connectivity index (χ0n) is 8.12. The van der Waals surface area contributed by atoms with Crippen molar-refractivity contribution >= 4 is 6.03 Å². The Hall–Kier alpha value is -0.810. The molecule has 0 bridgehead atoms. The zero-order chi connectivity index (χ0) is 9.84. The second kappa shape index (κ2) is 4.43. The summed E-state index contributed by atoms with van der Waals surface area (Å²) in [6.07, 6.45) is 1.23. The molecule has 0 aliphatic carbocycles. The summed E-state index contributed by atoms with van der Waals surface area (Å²) in [5.74, 6) is 0. The van der Waals surface area contributed by atoms with Crippen LogP contribution < -0.4 is 11.1 Å². The standard InChI is InChI=1S/C8H17N3O2/c1-11-5-7(13-2)3-6(11)4-10-8(9)12/h6-7H,3-5H2,1-2H3,(H3,9,10,12)/t6-,7-/m0/s1. The molecule has 3 N–H and O–H groups in total. The number of nitrogens with zero attached hydrogens (tertiary/aromatic N) is 1. The van der Waals surface area contributed by atoms with Gasteiger partial charge in [0.05, 0.1) is 6.10 Å². The second-order valence-corrected chi connectivity index (χ2v) is 3.43. The van der Waals surface area contributed by atoms with Crippen LogP contribution in [0.3, 0.4) is 0 Å². The number of primary amides is 1. The summed E-state index contributed by atoms with van der Waals surface area (Å²) in [5.41, 5.74) is 4.98. The highest BCUT2D eigenvalue weighted by Gasteiger charge is 2.29. The van der Waals surface area contributed by atoms with Crippen LogP contribution >= 0.6 is 0 Å². The monoisotopic (exact) mass is 187 g/mol. The van der Waals surface area contributed by atoms with Gasteiger partial charge in [0.1, 0.15) is 0 Å². The van der Waals surface area contributed by atoms with Gasteiger partial charge in [-0.15, -0.1) is 0 Å². The second-order valence-electron chi connectivity index (χ2n) is 3.43. The Morgan fingerprint density at radius 3 is 2.92 bits per heavy atom. The first-order chi connectivity index (χ1) is 6.13. The summed E-state index contributed by atoms with van der Waals surface area (Å²) in [6.45, 7) is 1.52. The van der Waals surface area contributed by atoms with Crippen LogP contribution in [0.5, 0.6) is 0 Å². The van der Waals surface area contributed by atoms with Gasteiger partial charge in [0.15, 0.2) is 0 Å². The number of carbonyl (C=O) groups is 1. The van der Waals surface area contributed by atoms with Crippen molar-refractivity contribution in [1.82, 2.24) is 10.2 Å². The molecule has 1 heterocycles. The minimum Gasteiger partial charge on any atom is -0.380 e. The molecule has 0 saturated carbocycles. The third kappa shape index (κ3) is 2.86. The van der Waals surface area contributed by atoms with Crippen LogP contribution in [0.1, 0.15) is 6.42 Å². The smallest absolute Gasteiger partial charge is 0.312 e. The molecule has 5 nitrogen and oxygen atoms in total. The highest BCUT2D eigenvalue weighted by molar-refractivity contribution is 5.71. The van der Waals surface area contributed by atoms with Gasteiger partial charge in [-0.25, -0.2) is 4.79 Å². The third-order valence-corrected chi connectivity index (χ3v) is 2.50. The van der Waals surface area contributed by atoms with Gasteiger partial charge in [-0.1, -0.05) is 0 Å². The Balaban J connectivity index is 2.30. The van der Waals surface area contributed by atoms with Crippen LogP contribution in [0.15, 0.2) is 0 Å². The number of urea groups is 1. The van der Waals surface area contributed by atoms with Crippen LogP contribution in [-0.2, 0) is 4.74 Å². The van der Waals surface area contributed by atoms with Gasteiger partial charge < -0.3 is 15.8 Å². The van der Waals surface area contributed by atoms with Crippen molar-refractivity contribution < 1.29 is 9.53 Å². The Labute approximate surface area is 78.2 Å². The van der Waals surface area contributed by atoms with Crippen LogP contribution in [-0.4, -0.2) is 50.3 Å². The number of hydrogen-bond donors (Lipinski definition) is 2. The van der Waals surface area contributed by atoms with E-state index in [1.165, 1.54) is 0 Å². The van der Waals surface area contributed by atoms with Gasteiger partial charge in [-0.05, 0) is 13.5 Å². The van der Waals surface area contributed by atoms with Gasteiger partial charge >= 0.3 is 6.03 Å². The summed E-state index contributed by atoms with van der Waals surface area (Å²) in [4.78, 5) is 12.6. The topological polar surface area (TPSA) is 67.6 Å². The summed E-state index contributed by atoms with van der Waals surface area (Å²) in [6, 6.07) is -0.119. The molecule has 1 rings (SSSR count). The van der Waals surface area contributed by atoms with E-state index in [-0.39, 0.29) is 6.10 Å². The molecule has 0 unspecified atom stereocenters. The number of amides is 2. The molecule has 2 amide bonds. The van der Waals surface area contributed by atoms with E-state index in [1.807, 2.05) is 7.05 Å². The van der Waals surface area contributed by atoms with E-state index in [2.05, 4.69) is 10.2 Å². The van der Waals surface area contributed by atoms with Crippen molar-refractivity contribution in [3.05, 3.63) is 0 Å². The number of ether oxygens (including phenoxy) is 1. The average Bonchev–Trinajstić information content (AvgIpc) is 2.43. The Morgan fingerprint density at radius 2 is 2.46 bits per heavy atom. The lowest BCUT2D eigenvalue weighted by molar-refractivity contribution is 0.111. The van der Waals surface area contributed by atoms with Crippen molar-refractivity contribution in [3.8, 4) is 0 Å². The number of carbonyl (C=O) groups excluding carboxylic acids is 1. The number of rotatable bonds is 3. The highest BCUT2D eigenvalue weighted by Crippen LogP contribution is 2.16. The molecule has 0 aromatic carbocycles. The maximum atomic E-state index is 10.5. The van der Waals surface area contributed by atoms with Gasteiger partial charge in [0.25, 0.3) is 0 Å². The lowest BCUT2D eigenvalue weighted by atomic mass is 10.2. The highest BCUT2D eigenvalue weighted by atomic mass is 16.5. The molecule has 76 valence electrons. The normalized spacial score (nSPS) is 29.1. The molecule has 0 aromatic rings. The molecule has 5 heteroatoms. The number of likely N-dealkylation sites (N-methyl/N-ethyl adjacent to an activating group) is 1.